The first-order valence-corrected chi connectivity index (χ1v) is 7.65. The summed E-state index contributed by atoms with van der Waals surface area (Å²) in [5.74, 6) is 1.64. The highest BCUT2D eigenvalue weighted by molar-refractivity contribution is 5.85. The zero-order valence-electron chi connectivity index (χ0n) is 13.6. The van der Waals surface area contributed by atoms with E-state index in [1.807, 2.05) is 12.1 Å². The lowest BCUT2D eigenvalue weighted by Gasteiger charge is -2.19. The molecule has 1 aromatic carbocycles. The van der Waals surface area contributed by atoms with Crippen molar-refractivity contribution in [3.63, 3.8) is 0 Å². The Kier molecular flexibility index (Phi) is 4.14. The summed E-state index contributed by atoms with van der Waals surface area (Å²) in [6, 6.07) is 8.23. The zero-order chi connectivity index (χ0) is 16.3. The molecule has 0 aliphatic heterocycles. The summed E-state index contributed by atoms with van der Waals surface area (Å²) >= 11 is 0. The first-order valence-electron chi connectivity index (χ1n) is 7.65. The number of benzene rings is 1. The lowest BCUT2D eigenvalue weighted by Crippen LogP contribution is -2.14. The van der Waals surface area contributed by atoms with E-state index in [9.17, 15) is 0 Å². The Bertz CT molecular complexity index is 791. The molecule has 2 N–H and O–H groups in total. The molecule has 120 valence electrons. The molecule has 23 heavy (non-hydrogen) atoms. The third-order valence-corrected chi connectivity index (χ3v) is 3.61. The predicted molar refractivity (Wildman–Crippen MR) is 90.8 cm³/mol. The molecular weight excluding hydrogens is 290 g/mol. The van der Waals surface area contributed by atoms with Gasteiger partial charge in [-0.2, -0.15) is 5.10 Å². The minimum absolute atomic E-state index is 0.117. The molecule has 0 unspecified atom stereocenters. The van der Waals surface area contributed by atoms with Crippen LogP contribution in [0.2, 0.25) is 0 Å². The van der Waals surface area contributed by atoms with Crippen molar-refractivity contribution < 1.29 is 4.74 Å². The molecule has 2 aromatic heterocycles. The average molecular weight is 311 g/mol. The van der Waals surface area contributed by atoms with Crippen LogP contribution in [0.3, 0.4) is 0 Å². The second kappa shape index (κ2) is 6.24. The van der Waals surface area contributed by atoms with Gasteiger partial charge in [0.05, 0.1) is 18.1 Å². The van der Waals surface area contributed by atoms with Crippen molar-refractivity contribution in [2.75, 3.05) is 18.5 Å². The SMILES string of the molecule is CC(C)(C)c1cccc(OCCNc2ncnc3[nH]ncc23)c1. The van der Waals surface area contributed by atoms with Gasteiger partial charge in [-0.15, -0.1) is 0 Å². The molecule has 0 radical (unpaired) electrons. The first kappa shape index (κ1) is 15.3. The van der Waals surface area contributed by atoms with E-state index in [0.29, 0.717) is 13.2 Å². The monoisotopic (exact) mass is 311 g/mol. The summed E-state index contributed by atoms with van der Waals surface area (Å²) in [5.41, 5.74) is 2.10. The fraction of sp³-hybridized carbons (Fsp3) is 0.353. The maximum Gasteiger partial charge on any atom is 0.160 e. The molecule has 0 saturated heterocycles. The van der Waals surface area contributed by atoms with Crippen molar-refractivity contribution in [3.8, 4) is 5.75 Å². The molecule has 0 fully saturated rings. The van der Waals surface area contributed by atoms with E-state index in [2.05, 4.69) is 58.4 Å². The molecule has 0 aliphatic rings. The second-order valence-electron chi connectivity index (χ2n) is 6.41. The van der Waals surface area contributed by atoms with Gasteiger partial charge in [-0.25, -0.2) is 9.97 Å². The molecule has 3 aromatic rings. The topological polar surface area (TPSA) is 75.7 Å². The summed E-state index contributed by atoms with van der Waals surface area (Å²) in [7, 11) is 0. The fourth-order valence-electron chi connectivity index (χ4n) is 2.30. The molecule has 6 heteroatoms. The number of aromatic amines is 1. The van der Waals surface area contributed by atoms with Crippen LogP contribution in [-0.2, 0) is 5.41 Å². The Morgan fingerprint density at radius 1 is 1.22 bits per heavy atom. The van der Waals surface area contributed by atoms with Crippen LogP contribution in [0, 0.1) is 0 Å². The number of ether oxygens (including phenoxy) is 1. The van der Waals surface area contributed by atoms with E-state index in [1.54, 1.807) is 6.20 Å². The van der Waals surface area contributed by atoms with Crippen LogP contribution in [0.5, 0.6) is 5.75 Å². The van der Waals surface area contributed by atoms with Gasteiger partial charge in [-0.05, 0) is 23.1 Å². The number of anilines is 1. The van der Waals surface area contributed by atoms with Crippen LogP contribution in [0.4, 0.5) is 5.82 Å². The molecule has 0 amide bonds. The van der Waals surface area contributed by atoms with Crippen molar-refractivity contribution in [1.29, 1.82) is 0 Å². The number of nitrogens with one attached hydrogen (secondary N) is 2. The standard InChI is InChI=1S/C17H21N5O/c1-17(2,3)12-5-4-6-13(9-12)23-8-7-18-15-14-10-21-22-16(14)20-11-19-15/h4-6,9-11H,7-8H2,1-3H3,(H2,18,19,20,21,22). The van der Waals surface area contributed by atoms with Crippen LogP contribution < -0.4 is 10.1 Å². The Morgan fingerprint density at radius 3 is 2.91 bits per heavy atom. The van der Waals surface area contributed by atoms with Gasteiger partial charge < -0.3 is 10.1 Å². The van der Waals surface area contributed by atoms with Crippen LogP contribution in [0.1, 0.15) is 26.3 Å². The quantitative estimate of drug-likeness (QED) is 0.708. The van der Waals surface area contributed by atoms with Gasteiger partial charge in [0.15, 0.2) is 5.65 Å². The average Bonchev–Trinajstić information content (AvgIpc) is 3.00. The number of H-pyrrole nitrogens is 1. The Morgan fingerprint density at radius 2 is 2.09 bits per heavy atom. The summed E-state index contributed by atoms with van der Waals surface area (Å²) < 4.78 is 5.83. The van der Waals surface area contributed by atoms with Crippen molar-refractivity contribution in [3.05, 3.63) is 42.4 Å². The smallest absolute Gasteiger partial charge is 0.160 e. The summed E-state index contributed by atoms with van der Waals surface area (Å²) in [6.07, 6.45) is 3.22. The van der Waals surface area contributed by atoms with Gasteiger partial charge >= 0.3 is 0 Å². The lowest BCUT2D eigenvalue weighted by molar-refractivity contribution is 0.331. The number of nitrogens with zero attached hydrogens (tertiary/aromatic N) is 3. The van der Waals surface area contributed by atoms with Gasteiger partial charge in [0.2, 0.25) is 0 Å². The number of aromatic nitrogens is 4. The largest absolute Gasteiger partial charge is 0.492 e. The van der Waals surface area contributed by atoms with E-state index >= 15 is 0 Å². The minimum Gasteiger partial charge on any atom is -0.492 e. The fourth-order valence-corrected chi connectivity index (χ4v) is 2.30. The molecule has 0 spiro atoms. The van der Waals surface area contributed by atoms with Gasteiger partial charge in [-0.3, -0.25) is 5.10 Å². The Labute approximate surface area is 135 Å². The van der Waals surface area contributed by atoms with Crippen molar-refractivity contribution in [1.82, 2.24) is 20.2 Å². The lowest BCUT2D eigenvalue weighted by atomic mass is 9.87. The van der Waals surface area contributed by atoms with E-state index in [1.165, 1.54) is 11.9 Å². The number of rotatable bonds is 5. The molecule has 0 atom stereocenters. The Hall–Kier alpha value is -2.63. The van der Waals surface area contributed by atoms with E-state index in [0.717, 1.165) is 22.6 Å². The second-order valence-corrected chi connectivity index (χ2v) is 6.41. The molecule has 0 aliphatic carbocycles. The van der Waals surface area contributed by atoms with E-state index in [-0.39, 0.29) is 5.41 Å². The first-order chi connectivity index (χ1) is 11.0. The van der Waals surface area contributed by atoms with Gasteiger partial charge in [0.25, 0.3) is 0 Å². The van der Waals surface area contributed by atoms with Gasteiger partial charge in [0, 0.05) is 0 Å². The third-order valence-electron chi connectivity index (χ3n) is 3.61. The number of fused-ring (bicyclic) bond motifs is 1. The predicted octanol–water partition coefficient (Wildman–Crippen LogP) is 3.14. The highest BCUT2D eigenvalue weighted by Gasteiger charge is 2.13. The number of hydrogen-bond donors (Lipinski definition) is 2. The molecular formula is C17H21N5O. The maximum absolute atomic E-state index is 5.83. The molecule has 0 saturated carbocycles. The number of hydrogen-bond acceptors (Lipinski definition) is 5. The van der Waals surface area contributed by atoms with Crippen LogP contribution in [-0.4, -0.2) is 33.3 Å². The van der Waals surface area contributed by atoms with Crippen LogP contribution in [0.25, 0.3) is 11.0 Å². The van der Waals surface area contributed by atoms with Crippen LogP contribution >= 0.6 is 0 Å². The third kappa shape index (κ3) is 3.59. The van der Waals surface area contributed by atoms with E-state index in [4.69, 9.17) is 4.74 Å². The van der Waals surface area contributed by atoms with Crippen molar-refractivity contribution in [2.24, 2.45) is 0 Å². The molecule has 6 nitrogen and oxygen atoms in total. The minimum atomic E-state index is 0.117. The van der Waals surface area contributed by atoms with Crippen LogP contribution in [0.15, 0.2) is 36.8 Å². The van der Waals surface area contributed by atoms with Gasteiger partial charge in [0.1, 0.15) is 24.5 Å². The summed E-state index contributed by atoms with van der Waals surface area (Å²) in [5, 5.41) is 10.9. The van der Waals surface area contributed by atoms with E-state index < -0.39 is 0 Å². The highest BCUT2D eigenvalue weighted by atomic mass is 16.5. The van der Waals surface area contributed by atoms with Crippen molar-refractivity contribution >= 4 is 16.9 Å². The Balaban J connectivity index is 1.57. The maximum atomic E-state index is 5.83. The van der Waals surface area contributed by atoms with Crippen molar-refractivity contribution in [2.45, 2.75) is 26.2 Å². The highest BCUT2D eigenvalue weighted by Crippen LogP contribution is 2.25. The normalized spacial score (nSPS) is 11.6. The molecule has 2 heterocycles. The molecule has 0 bridgehead atoms. The summed E-state index contributed by atoms with van der Waals surface area (Å²) in [6.45, 7) is 7.78. The summed E-state index contributed by atoms with van der Waals surface area (Å²) in [4.78, 5) is 8.34. The van der Waals surface area contributed by atoms with Gasteiger partial charge in [-0.1, -0.05) is 32.9 Å². The molecule has 3 rings (SSSR count). The zero-order valence-corrected chi connectivity index (χ0v) is 13.6.